The fourth-order valence-corrected chi connectivity index (χ4v) is 6.05. The highest BCUT2D eigenvalue weighted by Crippen LogP contribution is 2.21. The summed E-state index contributed by atoms with van der Waals surface area (Å²) in [6.07, 6.45) is -0.735. The molecule has 1 rings (SSSR count). The second kappa shape index (κ2) is 24.9. The molecule has 326 valence electrons. The number of carbonyl (C=O) groups is 11. The number of nitrogens with one attached hydrogen (secondary N) is 6. The van der Waals surface area contributed by atoms with Crippen molar-refractivity contribution in [2.24, 2.45) is 11.8 Å². The van der Waals surface area contributed by atoms with Gasteiger partial charge in [0.2, 0.25) is 41.2 Å². The molecule has 0 spiro atoms. The molecule has 0 radical (unpaired) electrons. The number of esters is 1. The molecule has 1 heterocycles. The lowest BCUT2D eigenvalue weighted by atomic mass is 9.98. The molecule has 1 aliphatic rings. The van der Waals surface area contributed by atoms with Crippen LogP contribution in [0.25, 0.3) is 0 Å². The number of carboxylic acids is 2. The van der Waals surface area contributed by atoms with Crippen LogP contribution in [0.4, 0.5) is 0 Å². The van der Waals surface area contributed by atoms with Gasteiger partial charge in [-0.15, -0.1) is 0 Å². The number of ketones is 1. The third-order valence-electron chi connectivity index (χ3n) is 9.07. The van der Waals surface area contributed by atoms with Crippen molar-refractivity contribution in [3.63, 3.8) is 0 Å². The van der Waals surface area contributed by atoms with Gasteiger partial charge in [0.15, 0.2) is 0 Å². The molecule has 1 saturated heterocycles. The lowest BCUT2D eigenvalue weighted by Crippen LogP contribution is -2.61. The number of Topliss-reactive ketones (excluding diaryl/α,β-unsaturated/α-hetero) is 1. The lowest BCUT2D eigenvalue weighted by Gasteiger charge is -2.33. The molecule has 21 nitrogen and oxygen atoms in total. The fourth-order valence-electron chi connectivity index (χ4n) is 6.05. The van der Waals surface area contributed by atoms with Gasteiger partial charge in [0.05, 0.1) is 12.6 Å². The molecule has 6 atom stereocenters. The van der Waals surface area contributed by atoms with Crippen molar-refractivity contribution < 1.29 is 67.7 Å². The number of aliphatic carboxylic acids is 2. The first kappa shape index (κ1) is 50.4. The van der Waals surface area contributed by atoms with E-state index in [1.165, 1.54) is 4.90 Å². The molecule has 1 aliphatic heterocycles. The Morgan fingerprint density at radius 3 is 1.72 bits per heavy atom. The standard InChI is InChI=1S/C37H59N7O14/c1-8-11-22(31(51)36(56)38-18-28(50)58-9-2)40-34(54)25-12-10-17-44(25)37(57)30(20(5)6)43-35(55)29(19(3)4)42-33(53)24(14-16-27(48)49)41-32(52)23(39-21(7)45)13-15-26(46)47/h19-20,22-25,29-30H,8-18H2,1-7H3,(H,38,56)(H,39,45)(H,40,54)(H,41,52)(H,42,53)(H,43,55)(H,46,47)(H,48,49). The Balaban J connectivity index is 3.21. The van der Waals surface area contributed by atoms with Gasteiger partial charge in [0.25, 0.3) is 5.91 Å². The van der Waals surface area contributed by atoms with E-state index in [4.69, 9.17) is 9.84 Å². The van der Waals surface area contributed by atoms with Crippen LogP contribution in [0.1, 0.15) is 99.8 Å². The highest BCUT2D eigenvalue weighted by atomic mass is 16.5. The first-order valence-corrected chi connectivity index (χ1v) is 19.3. The van der Waals surface area contributed by atoms with Crippen LogP contribution in [-0.4, -0.2) is 136 Å². The molecule has 6 unspecified atom stereocenters. The van der Waals surface area contributed by atoms with Crippen LogP contribution in [-0.2, 0) is 57.5 Å². The van der Waals surface area contributed by atoms with Gasteiger partial charge in [-0.2, -0.15) is 0 Å². The minimum absolute atomic E-state index is 0.0742. The minimum atomic E-state index is -1.53. The SMILES string of the molecule is CCCC(NC(=O)C1CCCN1C(=O)C(NC(=O)C(NC(=O)C(CCC(=O)O)NC(=O)C(CCC(=O)O)NC(C)=O)C(C)C)C(C)C)C(=O)C(=O)NCC(=O)OCC. The van der Waals surface area contributed by atoms with Crippen LogP contribution >= 0.6 is 0 Å². The van der Waals surface area contributed by atoms with Gasteiger partial charge in [-0.1, -0.05) is 41.0 Å². The normalized spacial score (nSPS) is 16.2. The van der Waals surface area contributed by atoms with Crippen LogP contribution in [0.3, 0.4) is 0 Å². The summed E-state index contributed by atoms with van der Waals surface area (Å²) in [7, 11) is 0. The van der Waals surface area contributed by atoms with Gasteiger partial charge >= 0.3 is 17.9 Å². The number of amides is 7. The van der Waals surface area contributed by atoms with E-state index in [-0.39, 0.29) is 32.4 Å². The zero-order valence-corrected chi connectivity index (χ0v) is 34.1. The van der Waals surface area contributed by atoms with E-state index in [1.54, 1.807) is 41.5 Å². The van der Waals surface area contributed by atoms with Crippen molar-refractivity contribution in [3.05, 3.63) is 0 Å². The molecule has 8 N–H and O–H groups in total. The largest absolute Gasteiger partial charge is 0.481 e. The van der Waals surface area contributed by atoms with Gasteiger partial charge in [0, 0.05) is 26.3 Å². The summed E-state index contributed by atoms with van der Waals surface area (Å²) in [6, 6.07) is -7.74. The highest BCUT2D eigenvalue weighted by Gasteiger charge is 2.41. The molecular weight excluding hydrogens is 766 g/mol. The molecule has 0 aromatic carbocycles. The van der Waals surface area contributed by atoms with Crippen LogP contribution in [0.5, 0.6) is 0 Å². The minimum Gasteiger partial charge on any atom is -0.481 e. The van der Waals surface area contributed by atoms with Crippen molar-refractivity contribution in [2.45, 2.75) is 136 Å². The van der Waals surface area contributed by atoms with Gasteiger partial charge in [-0.3, -0.25) is 52.7 Å². The molecule has 0 aliphatic carbocycles. The summed E-state index contributed by atoms with van der Waals surface area (Å²) in [5.41, 5.74) is 0. The van der Waals surface area contributed by atoms with Crippen molar-refractivity contribution >= 4 is 65.0 Å². The number of hydrogen-bond donors (Lipinski definition) is 8. The molecule has 1 fully saturated rings. The van der Waals surface area contributed by atoms with E-state index >= 15 is 0 Å². The molecular formula is C37H59N7O14. The zero-order valence-electron chi connectivity index (χ0n) is 34.1. The monoisotopic (exact) mass is 825 g/mol. The van der Waals surface area contributed by atoms with E-state index in [1.807, 2.05) is 0 Å². The maximum absolute atomic E-state index is 14.0. The Morgan fingerprint density at radius 1 is 0.690 bits per heavy atom. The van der Waals surface area contributed by atoms with E-state index in [9.17, 15) is 57.8 Å². The molecule has 0 saturated carbocycles. The summed E-state index contributed by atoms with van der Waals surface area (Å²) in [5.74, 6) is -11.2. The lowest BCUT2D eigenvalue weighted by molar-refractivity contribution is -0.146. The predicted molar refractivity (Wildman–Crippen MR) is 203 cm³/mol. The Morgan fingerprint density at radius 2 is 1.22 bits per heavy atom. The maximum Gasteiger partial charge on any atom is 0.325 e. The molecule has 0 bridgehead atoms. The van der Waals surface area contributed by atoms with Crippen molar-refractivity contribution in [1.29, 1.82) is 0 Å². The third-order valence-corrected chi connectivity index (χ3v) is 9.07. The van der Waals surface area contributed by atoms with E-state index in [2.05, 4.69) is 31.9 Å². The van der Waals surface area contributed by atoms with E-state index in [0.717, 1.165) is 6.92 Å². The molecule has 0 aromatic heterocycles. The quantitative estimate of drug-likeness (QED) is 0.0385. The summed E-state index contributed by atoms with van der Waals surface area (Å²) >= 11 is 0. The second-order valence-electron chi connectivity index (χ2n) is 14.5. The van der Waals surface area contributed by atoms with Crippen molar-refractivity contribution in [3.8, 4) is 0 Å². The third kappa shape index (κ3) is 16.8. The van der Waals surface area contributed by atoms with E-state index in [0.29, 0.717) is 12.8 Å². The van der Waals surface area contributed by atoms with Crippen LogP contribution in [0.15, 0.2) is 0 Å². The number of likely N-dealkylation sites (tertiary alicyclic amines) is 1. The molecule has 0 aromatic rings. The Bertz CT molecular complexity index is 1530. The van der Waals surface area contributed by atoms with Crippen LogP contribution < -0.4 is 31.9 Å². The summed E-state index contributed by atoms with van der Waals surface area (Å²) < 4.78 is 4.74. The number of rotatable bonds is 25. The van der Waals surface area contributed by atoms with Crippen LogP contribution in [0, 0.1) is 11.8 Å². The average molecular weight is 826 g/mol. The number of carboxylic acid groups (broad SMARTS) is 2. The number of nitrogens with zero attached hydrogens (tertiary/aromatic N) is 1. The second-order valence-corrected chi connectivity index (χ2v) is 14.5. The Kier molecular flexibility index (Phi) is 21.6. The Hall–Kier alpha value is -5.63. The highest BCUT2D eigenvalue weighted by molar-refractivity contribution is 6.38. The van der Waals surface area contributed by atoms with E-state index < -0.39 is 139 Å². The number of hydrogen-bond acceptors (Lipinski definition) is 12. The van der Waals surface area contributed by atoms with Gasteiger partial charge in [-0.05, 0) is 50.9 Å². The molecule has 58 heavy (non-hydrogen) atoms. The van der Waals surface area contributed by atoms with Crippen molar-refractivity contribution in [1.82, 2.24) is 36.8 Å². The maximum atomic E-state index is 14.0. The van der Waals surface area contributed by atoms with Crippen molar-refractivity contribution in [2.75, 3.05) is 19.7 Å². The summed E-state index contributed by atoms with van der Waals surface area (Å²) in [5, 5.41) is 32.9. The van der Waals surface area contributed by atoms with Gasteiger partial charge in [-0.25, -0.2) is 0 Å². The smallest absolute Gasteiger partial charge is 0.325 e. The number of ether oxygens (including phenoxy) is 1. The topological polar surface area (TPSA) is 313 Å². The summed E-state index contributed by atoms with van der Waals surface area (Å²) in [4.78, 5) is 141. The summed E-state index contributed by atoms with van der Waals surface area (Å²) in [6.45, 7) is 10.5. The van der Waals surface area contributed by atoms with Gasteiger partial charge < -0.3 is 51.8 Å². The average Bonchev–Trinajstić information content (AvgIpc) is 3.64. The predicted octanol–water partition coefficient (Wildman–Crippen LogP) is -1.49. The first-order valence-electron chi connectivity index (χ1n) is 19.3. The van der Waals surface area contributed by atoms with Crippen LogP contribution in [0.2, 0.25) is 0 Å². The zero-order chi connectivity index (χ0) is 44.3. The first-order chi connectivity index (χ1) is 27.1. The molecule has 7 amide bonds. The number of carbonyl (C=O) groups excluding carboxylic acids is 9. The van der Waals surface area contributed by atoms with Gasteiger partial charge in [0.1, 0.15) is 36.8 Å². The Labute approximate surface area is 336 Å². The fraction of sp³-hybridized carbons (Fsp3) is 0.703. The molecule has 21 heteroatoms.